The predicted molar refractivity (Wildman–Crippen MR) is 113 cm³/mol. The Morgan fingerprint density at radius 3 is 2.62 bits per heavy atom. The largest absolute Gasteiger partial charge is 0.497 e. The molecule has 0 bridgehead atoms. The molecule has 1 aromatic heterocycles. The molecule has 1 saturated heterocycles. The minimum Gasteiger partial charge on any atom is -0.497 e. The number of fused-ring (bicyclic) bond motifs is 1. The van der Waals surface area contributed by atoms with Crippen LogP contribution in [0.15, 0.2) is 48.5 Å². The zero-order chi connectivity index (χ0) is 20.4. The lowest BCUT2D eigenvalue weighted by atomic mass is 9.96. The summed E-state index contributed by atoms with van der Waals surface area (Å²) in [6.07, 6.45) is 0.731. The molecule has 0 atom stereocenters. The van der Waals surface area contributed by atoms with Crippen molar-refractivity contribution in [2.45, 2.75) is 6.42 Å². The van der Waals surface area contributed by atoms with E-state index >= 15 is 0 Å². The Bertz CT molecular complexity index is 1120. The second kappa shape index (κ2) is 7.94. The molecule has 8 nitrogen and oxygen atoms in total. The van der Waals surface area contributed by atoms with Crippen LogP contribution in [0.2, 0.25) is 0 Å². The fourth-order valence-corrected chi connectivity index (χ4v) is 3.91. The Morgan fingerprint density at radius 2 is 1.93 bits per heavy atom. The van der Waals surface area contributed by atoms with E-state index in [4.69, 9.17) is 19.8 Å². The third kappa shape index (κ3) is 4.47. The van der Waals surface area contributed by atoms with Gasteiger partial charge in [-0.1, -0.05) is 30.3 Å². The third-order valence-electron chi connectivity index (χ3n) is 5.03. The molecule has 0 spiro atoms. The second-order valence-electron chi connectivity index (χ2n) is 7.12. The van der Waals surface area contributed by atoms with Crippen LogP contribution in [0.5, 0.6) is 5.75 Å². The number of methoxy groups -OCH3 is 1. The van der Waals surface area contributed by atoms with Gasteiger partial charge in [0.25, 0.3) is 10.2 Å². The quantitative estimate of drug-likeness (QED) is 0.612. The van der Waals surface area contributed by atoms with Gasteiger partial charge in [0.05, 0.1) is 12.6 Å². The molecule has 2 aromatic carbocycles. The number of ether oxygens (including phenoxy) is 1. The molecule has 0 radical (unpaired) electrons. The SMILES string of the molecule is COc1ccc2c(N3CC(CCNS(N)(=O)=O)C3)nc(-c3ccccc3)nc2c1. The molecule has 0 saturated carbocycles. The van der Waals surface area contributed by atoms with E-state index in [0.717, 1.165) is 47.5 Å². The number of hydrogen-bond acceptors (Lipinski definition) is 6. The van der Waals surface area contributed by atoms with E-state index in [2.05, 4.69) is 9.62 Å². The molecule has 29 heavy (non-hydrogen) atoms. The van der Waals surface area contributed by atoms with Crippen LogP contribution in [0, 0.1) is 5.92 Å². The van der Waals surface area contributed by atoms with Crippen molar-refractivity contribution in [3.63, 3.8) is 0 Å². The molecule has 1 fully saturated rings. The summed E-state index contributed by atoms with van der Waals surface area (Å²) in [7, 11) is -2.00. The van der Waals surface area contributed by atoms with E-state index < -0.39 is 10.2 Å². The highest BCUT2D eigenvalue weighted by Crippen LogP contribution is 2.34. The van der Waals surface area contributed by atoms with Crippen LogP contribution in [-0.2, 0) is 10.2 Å². The van der Waals surface area contributed by atoms with Crippen LogP contribution in [0.4, 0.5) is 5.82 Å². The summed E-state index contributed by atoms with van der Waals surface area (Å²) in [5.41, 5.74) is 1.78. The molecule has 0 unspecified atom stereocenters. The van der Waals surface area contributed by atoms with Gasteiger partial charge >= 0.3 is 0 Å². The Labute approximate surface area is 169 Å². The smallest absolute Gasteiger partial charge is 0.274 e. The van der Waals surface area contributed by atoms with Crippen LogP contribution in [0.3, 0.4) is 0 Å². The number of anilines is 1. The summed E-state index contributed by atoms with van der Waals surface area (Å²) in [5.74, 6) is 2.68. The van der Waals surface area contributed by atoms with E-state index in [0.29, 0.717) is 18.3 Å². The van der Waals surface area contributed by atoms with Crippen molar-refractivity contribution in [1.82, 2.24) is 14.7 Å². The van der Waals surface area contributed by atoms with Gasteiger partial charge in [0.1, 0.15) is 11.6 Å². The molecule has 1 aliphatic heterocycles. The molecule has 0 amide bonds. The van der Waals surface area contributed by atoms with Crippen LogP contribution >= 0.6 is 0 Å². The highest BCUT2D eigenvalue weighted by Gasteiger charge is 2.29. The molecular weight excluding hydrogens is 390 g/mol. The van der Waals surface area contributed by atoms with Gasteiger partial charge in [-0.05, 0) is 24.5 Å². The summed E-state index contributed by atoms with van der Waals surface area (Å²) in [6, 6.07) is 15.7. The van der Waals surface area contributed by atoms with Crippen LogP contribution in [-0.4, -0.2) is 45.1 Å². The standard InChI is InChI=1S/C20H23N5O3S/c1-28-16-7-8-17-18(11-16)23-19(15-5-3-2-4-6-15)24-20(17)25-12-14(13-25)9-10-22-29(21,26)27/h2-8,11,14,22H,9-10,12-13H2,1H3,(H2,21,26,27). The number of aromatic nitrogens is 2. The molecule has 1 aliphatic rings. The number of nitrogens with zero attached hydrogens (tertiary/aromatic N) is 3. The molecule has 4 rings (SSSR count). The topological polar surface area (TPSA) is 110 Å². The van der Waals surface area contributed by atoms with Crippen molar-refractivity contribution in [3.8, 4) is 17.1 Å². The summed E-state index contributed by atoms with van der Waals surface area (Å²) in [4.78, 5) is 11.8. The van der Waals surface area contributed by atoms with Crippen molar-refractivity contribution in [1.29, 1.82) is 0 Å². The molecule has 2 heterocycles. The van der Waals surface area contributed by atoms with Gasteiger partial charge < -0.3 is 9.64 Å². The predicted octanol–water partition coefficient (Wildman–Crippen LogP) is 1.92. The monoisotopic (exact) mass is 413 g/mol. The lowest BCUT2D eigenvalue weighted by Gasteiger charge is -2.40. The van der Waals surface area contributed by atoms with Gasteiger partial charge in [-0.3, -0.25) is 0 Å². The fraction of sp³-hybridized carbons (Fsp3) is 0.300. The first-order chi connectivity index (χ1) is 13.9. The fourth-order valence-electron chi connectivity index (χ4n) is 3.51. The van der Waals surface area contributed by atoms with Crippen molar-refractivity contribution >= 4 is 26.9 Å². The summed E-state index contributed by atoms with van der Waals surface area (Å²) >= 11 is 0. The number of nitrogens with one attached hydrogen (secondary N) is 1. The van der Waals surface area contributed by atoms with E-state index in [1.165, 1.54) is 0 Å². The van der Waals surface area contributed by atoms with Gasteiger partial charge in [-0.25, -0.2) is 19.8 Å². The minimum absolute atomic E-state index is 0.342. The normalized spacial score (nSPS) is 14.8. The van der Waals surface area contributed by atoms with E-state index in [1.54, 1.807) is 7.11 Å². The van der Waals surface area contributed by atoms with Gasteiger partial charge in [0.15, 0.2) is 5.82 Å². The molecular formula is C20H23N5O3S. The van der Waals surface area contributed by atoms with Crippen LogP contribution in [0.1, 0.15) is 6.42 Å². The molecule has 3 N–H and O–H groups in total. The van der Waals surface area contributed by atoms with Crippen molar-refractivity contribution in [2.75, 3.05) is 31.6 Å². The number of nitrogens with two attached hydrogens (primary N) is 1. The third-order valence-corrected chi connectivity index (χ3v) is 5.63. The van der Waals surface area contributed by atoms with Crippen molar-refractivity contribution in [2.24, 2.45) is 11.1 Å². The maximum Gasteiger partial charge on any atom is 0.274 e. The van der Waals surface area contributed by atoms with Gasteiger partial charge in [0, 0.05) is 36.7 Å². The zero-order valence-electron chi connectivity index (χ0n) is 16.1. The maximum atomic E-state index is 11.0. The average Bonchev–Trinajstić information content (AvgIpc) is 2.68. The van der Waals surface area contributed by atoms with Crippen molar-refractivity contribution < 1.29 is 13.2 Å². The summed E-state index contributed by atoms with van der Waals surface area (Å²) in [5, 5.41) is 5.95. The van der Waals surface area contributed by atoms with Gasteiger partial charge in [-0.2, -0.15) is 8.42 Å². The number of hydrogen-bond donors (Lipinski definition) is 2. The highest BCUT2D eigenvalue weighted by atomic mass is 32.2. The molecule has 3 aromatic rings. The lowest BCUT2D eigenvalue weighted by Crippen LogP contribution is -2.48. The second-order valence-corrected chi connectivity index (χ2v) is 8.50. The Balaban J connectivity index is 1.60. The summed E-state index contributed by atoms with van der Waals surface area (Å²) in [6.45, 7) is 1.95. The number of rotatable bonds is 7. The van der Waals surface area contributed by atoms with E-state index in [1.807, 2.05) is 48.5 Å². The first-order valence-electron chi connectivity index (χ1n) is 9.36. The molecule has 0 aliphatic carbocycles. The Morgan fingerprint density at radius 1 is 1.17 bits per heavy atom. The first-order valence-corrected chi connectivity index (χ1v) is 10.9. The van der Waals surface area contributed by atoms with E-state index in [9.17, 15) is 8.42 Å². The lowest BCUT2D eigenvalue weighted by molar-refractivity contribution is 0.382. The van der Waals surface area contributed by atoms with Gasteiger partial charge in [0.2, 0.25) is 0 Å². The number of benzene rings is 2. The zero-order valence-corrected chi connectivity index (χ0v) is 16.9. The average molecular weight is 414 g/mol. The van der Waals surface area contributed by atoms with Crippen LogP contribution < -0.4 is 19.5 Å². The first kappa shape index (κ1) is 19.6. The van der Waals surface area contributed by atoms with E-state index in [-0.39, 0.29) is 0 Å². The van der Waals surface area contributed by atoms with Crippen molar-refractivity contribution in [3.05, 3.63) is 48.5 Å². The maximum absolute atomic E-state index is 11.0. The highest BCUT2D eigenvalue weighted by molar-refractivity contribution is 7.87. The minimum atomic E-state index is -3.64. The Hall–Kier alpha value is -2.75. The molecule has 9 heteroatoms. The summed E-state index contributed by atoms with van der Waals surface area (Å²) < 4.78 is 29.7. The van der Waals surface area contributed by atoms with Crippen LogP contribution in [0.25, 0.3) is 22.3 Å². The molecule has 152 valence electrons. The Kier molecular flexibility index (Phi) is 5.35. The van der Waals surface area contributed by atoms with Gasteiger partial charge in [-0.15, -0.1) is 0 Å².